The first-order chi connectivity index (χ1) is 41.8. The van der Waals surface area contributed by atoms with Gasteiger partial charge in [-0.2, -0.15) is 15.0 Å². The SMILES string of the molecule is Cc1cnc(Nc2ccc(C(=O)O)cc2)nc1Nc1ccccc1S(=O)(=O)N(C)C.Cc1cnc(Nc2ccc(CCl)cc2)nc1Nc1ccccc1S(=O)(=O)N(C)C.Cc1cnc(Nc2ccc(CO)cc2)nc1Nc1ccccc1S(=O)(=O)N(C)C. The number of nitrogens with zero attached hydrogens (tertiary/aromatic N) is 9. The van der Waals surface area contributed by atoms with Crippen molar-refractivity contribution < 1.29 is 40.3 Å². The topological polar surface area (TPSA) is 319 Å². The van der Waals surface area contributed by atoms with Crippen molar-refractivity contribution in [3.63, 3.8) is 0 Å². The Balaban J connectivity index is 0.000000188. The lowest BCUT2D eigenvalue weighted by Crippen LogP contribution is -2.23. The number of sulfonamides is 3. The third kappa shape index (κ3) is 17.1. The molecule has 0 aliphatic rings. The molecule has 0 spiro atoms. The summed E-state index contributed by atoms with van der Waals surface area (Å²) >= 11 is 5.82. The van der Waals surface area contributed by atoms with Gasteiger partial charge < -0.3 is 42.1 Å². The number of aliphatic hydroxyl groups excluding tert-OH is 1. The number of para-hydroxylation sites is 3. The number of rotatable bonds is 21. The number of benzene rings is 6. The molecule has 0 saturated carbocycles. The predicted molar refractivity (Wildman–Crippen MR) is 344 cm³/mol. The van der Waals surface area contributed by atoms with Gasteiger partial charge in [0.15, 0.2) is 0 Å². The van der Waals surface area contributed by atoms with E-state index in [4.69, 9.17) is 21.8 Å². The van der Waals surface area contributed by atoms with E-state index >= 15 is 0 Å². The highest BCUT2D eigenvalue weighted by Crippen LogP contribution is 2.32. The average molecular weight is 1270 g/mol. The summed E-state index contributed by atoms with van der Waals surface area (Å²) in [4.78, 5) is 37.7. The molecule has 28 heteroatoms. The lowest BCUT2D eigenvalue weighted by Gasteiger charge is -2.17. The number of carboxylic acids is 1. The molecule has 0 saturated heterocycles. The molecule has 0 fully saturated rings. The van der Waals surface area contributed by atoms with Gasteiger partial charge in [-0.05, 0) is 117 Å². The summed E-state index contributed by atoms with van der Waals surface area (Å²) in [6.07, 6.45) is 4.93. The third-order valence-electron chi connectivity index (χ3n) is 12.8. The third-order valence-corrected chi connectivity index (χ3v) is 18.7. The Morgan fingerprint density at radius 2 is 0.716 bits per heavy atom. The molecular weight excluding hydrogens is 1210 g/mol. The fourth-order valence-electron chi connectivity index (χ4n) is 7.70. The van der Waals surface area contributed by atoms with Crippen molar-refractivity contribution in [1.82, 2.24) is 42.8 Å². The summed E-state index contributed by atoms with van der Waals surface area (Å²) in [7, 11) is -1.94. The molecule has 0 bridgehead atoms. The molecule has 3 aromatic heterocycles. The van der Waals surface area contributed by atoms with Gasteiger partial charge in [0.1, 0.15) is 32.1 Å². The summed E-state index contributed by atoms with van der Waals surface area (Å²) in [5, 5.41) is 36.7. The number of aromatic carboxylic acids is 1. The molecule has 6 aromatic carbocycles. The van der Waals surface area contributed by atoms with E-state index in [2.05, 4.69) is 61.8 Å². The highest BCUT2D eigenvalue weighted by Gasteiger charge is 2.25. The van der Waals surface area contributed by atoms with Gasteiger partial charge in [0, 0.05) is 101 Å². The van der Waals surface area contributed by atoms with Gasteiger partial charge in [0.25, 0.3) is 0 Å². The van der Waals surface area contributed by atoms with E-state index in [9.17, 15) is 30.0 Å². The molecule has 460 valence electrons. The zero-order chi connectivity index (χ0) is 63.9. The van der Waals surface area contributed by atoms with E-state index in [1.165, 1.54) is 69.1 Å². The summed E-state index contributed by atoms with van der Waals surface area (Å²) < 4.78 is 79.2. The van der Waals surface area contributed by atoms with Crippen LogP contribution in [-0.4, -0.2) is 127 Å². The molecule has 3 heterocycles. The van der Waals surface area contributed by atoms with Crippen molar-refractivity contribution in [2.75, 3.05) is 74.2 Å². The first kappa shape index (κ1) is 66.3. The van der Waals surface area contributed by atoms with E-state index in [1.54, 1.807) is 117 Å². The minimum absolute atomic E-state index is 0.0232. The second kappa shape index (κ2) is 29.5. The average Bonchev–Trinajstić information content (AvgIpc) is 2.47. The van der Waals surface area contributed by atoms with Crippen molar-refractivity contribution >= 4 is 117 Å². The smallest absolute Gasteiger partial charge is 0.335 e. The van der Waals surface area contributed by atoms with Gasteiger partial charge in [-0.1, -0.05) is 60.7 Å². The van der Waals surface area contributed by atoms with Crippen LogP contribution in [0.15, 0.2) is 179 Å². The summed E-state index contributed by atoms with van der Waals surface area (Å²) in [5.41, 5.74) is 7.75. The number of hydrogen-bond donors (Lipinski definition) is 8. The fourth-order valence-corrected chi connectivity index (χ4v) is 11.0. The van der Waals surface area contributed by atoms with Crippen molar-refractivity contribution in [3.05, 3.63) is 198 Å². The van der Waals surface area contributed by atoms with Gasteiger partial charge in [0.05, 0.1) is 29.2 Å². The van der Waals surface area contributed by atoms with Crippen molar-refractivity contribution in [1.29, 1.82) is 0 Å². The number of anilines is 12. The van der Waals surface area contributed by atoms with Crippen molar-refractivity contribution in [3.8, 4) is 0 Å². The molecule has 0 aliphatic carbocycles. The molecule has 9 rings (SSSR count). The molecule has 24 nitrogen and oxygen atoms in total. The Hall–Kier alpha value is -9.19. The maximum absolute atomic E-state index is 12.6. The van der Waals surface area contributed by atoms with E-state index < -0.39 is 36.0 Å². The molecular formula is C60H66ClN15O9S3. The van der Waals surface area contributed by atoms with E-state index in [0.29, 0.717) is 58.0 Å². The van der Waals surface area contributed by atoms with Crippen LogP contribution in [0, 0.1) is 20.8 Å². The number of alkyl halides is 1. The lowest BCUT2D eigenvalue weighted by atomic mass is 10.2. The molecule has 88 heavy (non-hydrogen) atoms. The number of aryl methyl sites for hydroxylation is 3. The molecule has 0 atom stereocenters. The molecule has 8 N–H and O–H groups in total. The number of carbonyl (C=O) groups is 1. The number of hydrogen-bond acceptors (Lipinski definition) is 20. The Bertz CT molecular complexity index is 4070. The normalized spacial score (nSPS) is 11.4. The number of aliphatic hydroxyl groups is 1. The van der Waals surface area contributed by atoms with Crippen LogP contribution in [0.1, 0.15) is 38.2 Å². The van der Waals surface area contributed by atoms with Crippen LogP contribution in [0.5, 0.6) is 0 Å². The number of nitrogens with one attached hydrogen (secondary N) is 6. The number of carboxylic acid groups (broad SMARTS) is 1. The largest absolute Gasteiger partial charge is 0.478 e. The standard InChI is InChI=1S/C20H22ClN5O2S.C20H21N5O4S.C20H23N5O3S/c1-14-13-22-20(23-16-10-8-15(12-21)9-11-16)25-19(14)24-17-6-4-5-7-18(17)29(27,28)26(2)3;1-13-12-21-20(22-15-10-8-14(9-11-15)19(26)27)24-18(13)23-16-6-4-5-7-17(16)30(28,29)25(2)3;1-14-12-21-20(22-16-10-8-15(13-26)9-11-16)24-19(14)23-17-6-4-5-7-18(17)29(27,28)25(2)3/h4-11,13H,12H2,1-3H3,(H2,22,23,24,25);4-12H,1-3H3,(H,26,27)(H2,21,22,23,24);4-12,26H,13H2,1-3H3,(H2,21,22,23,24). The first-order valence-electron chi connectivity index (χ1n) is 26.7. The van der Waals surface area contributed by atoms with Crippen molar-refractivity contribution in [2.45, 2.75) is 47.9 Å². The highest BCUT2D eigenvalue weighted by molar-refractivity contribution is 7.89. The second-order valence-corrected chi connectivity index (χ2v) is 26.5. The minimum Gasteiger partial charge on any atom is -0.478 e. The van der Waals surface area contributed by atoms with Crippen LogP contribution >= 0.6 is 11.6 Å². The molecule has 0 amide bonds. The Labute approximate surface area is 517 Å². The monoisotopic (exact) mass is 1270 g/mol. The van der Waals surface area contributed by atoms with Crippen LogP contribution in [0.3, 0.4) is 0 Å². The zero-order valence-electron chi connectivity index (χ0n) is 49.4. The molecule has 0 unspecified atom stereocenters. The lowest BCUT2D eigenvalue weighted by molar-refractivity contribution is 0.0696. The quantitative estimate of drug-likeness (QED) is 0.0310. The number of halogens is 1. The van der Waals surface area contributed by atoms with Crippen LogP contribution in [-0.2, 0) is 42.6 Å². The van der Waals surface area contributed by atoms with Gasteiger partial charge in [0.2, 0.25) is 47.9 Å². The van der Waals surface area contributed by atoms with E-state index in [-0.39, 0.29) is 32.8 Å². The second-order valence-electron chi connectivity index (χ2n) is 19.8. The van der Waals surface area contributed by atoms with Crippen LogP contribution in [0.2, 0.25) is 0 Å². The van der Waals surface area contributed by atoms with Crippen LogP contribution < -0.4 is 31.9 Å². The zero-order valence-corrected chi connectivity index (χ0v) is 52.6. The first-order valence-corrected chi connectivity index (χ1v) is 31.5. The summed E-state index contributed by atoms with van der Waals surface area (Å²) in [5.74, 6) is 1.93. The molecule has 9 aromatic rings. The van der Waals surface area contributed by atoms with Gasteiger partial charge in [-0.3, -0.25) is 0 Å². The predicted octanol–water partition coefficient (Wildman–Crippen LogP) is 10.5. The Morgan fingerprint density at radius 1 is 0.432 bits per heavy atom. The molecule has 0 radical (unpaired) electrons. The van der Waals surface area contributed by atoms with Gasteiger partial charge >= 0.3 is 5.97 Å². The fraction of sp³-hybridized carbons (Fsp3) is 0.183. The minimum atomic E-state index is -3.65. The van der Waals surface area contributed by atoms with Gasteiger partial charge in [-0.25, -0.2) is 57.9 Å². The maximum atomic E-state index is 12.6. The van der Waals surface area contributed by atoms with Gasteiger partial charge in [-0.15, -0.1) is 11.6 Å². The van der Waals surface area contributed by atoms with Crippen LogP contribution in [0.25, 0.3) is 0 Å². The highest BCUT2D eigenvalue weighted by atomic mass is 35.5. The van der Waals surface area contributed by atoms with Crippen molar-refractivity contribution in [2.24, 2.45) is 0 Å². The number of aromatic nitrogens is 6. The summed E-state index contributed by atoms with van der Waals surface area (Å²) in [6.45, 7) is 5.47. The molecule has 0 aliphatic heterocycles. The Kier molecular flexibility index (Phi) is 22.2. The Morgan fingerprint density at radius 3 is 0.989 bits per heavy atom. The van der Waals surface area contributed by atoms with Crippen LogP contribution in [0.4, 0.5) is 69.4 Å². The van der Waals surface area contributed by atoms with E-state index in [1.807, 2.05) is 50.2 Å². The summed E-state index contributed by atoms with van der Waals surface area (Å²) in [6, 6.07) is 41.0. The maximum Gasteiger partial charge on any atom is 0.335 e. The van der Waals surface area contributed by atoms with E-state index in [0.717, 1.165) is 43.5 Å².